The fourth-order valence-corrected chi connectivity index (χ4v) is 8.19. The Kier molecular flexibility index (Phi) is 12.5. The Morgan fingerprint density at radius 1 is 1.12 bits per heavy atom. The van der Waals surface area contributed by atoms with Crippen LogP contribution in [0.3, 0.4) is 0 Å². The average molecular weight is 607 g/mol. The van der Waals surface area contributed by atoms with Gasteiger partial charge in [0.15, 0.2) is 0 Å². The lowest BCUT2D eigenvalue weighted by Gasteiger charge is -2.47. The topological polar surface area (TPSA) is 127 Å². The number of piperidine rings is 3. The number of β-amino-alcohol motifs (C(OH)–C–C–N with tert-alkyl or cyclic N) is 1. The molecular weight excluding hydrogens is 548 g/mol. The number of ether oxygens (including phenoxy) is 2. The molecule has 8 atom stereocenters. The number of carbonyl (C=O) groups excluding carboxylic acids is 2. The Hall–Kier alpha value is -1.34. The van der Waals surface area contributed by atoms with Gasteiger partial charge in [-0.2, -0.15) is 0 Å². The van der Waals surface area contributed by atoms with E-state index in [1.807, 2.05) is 11.8 Å². The van der Waals surface area contributed by atoms with Crippen LogP contribution in [-0.2, 0) is 19.1 Å². The van der Waals surface area contributed by atoms with E-state index in [1.54, 1.807) is 0 Å². The maximum atomic E-state index is 13.0. The summed E-state index contributed by atoms with van der Waals surface area (Å²) in [7, 11) is 0. The van der Waals surface area contributed by atoms with Gasteiger partial charge in [-0.15, -0.1) is 0 Å². The minimum atomic E-state index is -0.561. The van der Waals surface area contributed by atoms with E-state index in [4.69, 9.17) is 9.47 Å². The number of aliphatic hydroxyl groups excluding tert-OH is 1. The third-order valence-electron chi connectivity index (χ3n) is 10.8. The maximum Gasteiger partial charge on any atom is 0.223 e. The van der Waals surface area contributed by atoms with E-state index in [-0.39, 0.29) is 30.0 Å². The van der Waals surface area contributed by atoms with E-state index in [0.29, 0.717) is 62.7 Å². The van der Waals surface area contributed by atoms with E-state index in [1.165, 1.54) is 6.42 Å². The van der Waals surface area contributed by atoms with Crippen molar-refractivity contribution < 1.29 is 24.2 Å². The van der Waals surface area contributed by atoms with Crippen molar-refractivity contribution >= 4 is 11.8 Å². The second-order valence-corrected chi connectivity index (χ2v) is 13.9. The summed E-state index contributed by atoms with van der Waals surface area (Å²) < 4.78 is 12.0. The summed E-state index contributed by atoms with van der Waals surface area (Å²) in [4.78, 5) is 29.6. The van der Waals surface area contributed by atoms with Gasteiger partial charge in [0, 0.05) is 57.6 Å². The molecule has 0 radical (unpaired) electrons. The molecule has 246 valence electrons. The van der Waals surface area contributed by atoms with Crippen LogP contribution < -0.4 is 21.3 Å². The third kappa shape index (κ3) is 9.34. The maximum absolute atomic E-state index is 13.0. The number of fused-ring (bicyclic) bond motifs is 1. The van der Waals surface area contributed by atoms with Crippen LogP contribution in [0.4, 0.5) is 0 Å². The van der Waals surface area contributed by atoms with Crippen molar-refractivity contribution in [3.63, 3.8) is 0 Å². The fraction of sp³-hybridized carbons (Fsp3) is 0.938. The van der Waals surface area contributed by atoms with E-state index < -0.39 is 6.10 Å². The van der Waals surface area contributed by atoms with Gasteiger partial charge in [0.2, 0.25) is 11.8 Å². The summed E-state index contributed by atoms with van der Waals surface area (Å²) in [6.45, 7) is 12.0. The molecule has 11 heteroatoms. The Morgan fingerprint density at radius 2 is 1.95 bits per heavy atom. The minimum Gasteiger partial charge on any atom is -0.390 e. The molecule has 0 aromatic heterocycles. The first kappa shape index (κ1) is 33.0. The van der Waals surface area contributed by atoms with Crippen molar-refractivity contribution in [2.24, 2.45) is 23.7 Å². The van der Waals surface area contributed by atoms with Crippen LogP contribution in [0.1, 0.15) is 71.6 Å². The van der Waals surface area contributed by atoms with Crippen molar-refractivity contribution in [3.8, 4) is 0 Å². The van der Waals surface area contributed by atoms with E-state index in [0.717, 1.165) is 84.2 Å². The predicted octanol–water partition coefficient (Wildman–Crippen LogP) is 0.869. The molecule has 5 N–H and O–H groups in total. The molecule has 1 aliphatic carbocycles. The van der Waals surface area contributed by atoms with Gasteiger partial charge in [-0.3, -0.25) is 20.2 Å². The van der Waals surface area contributed by atoms with Crippen molar-refractivity contribution in [3.05, 3.63) is 0 Å². The molecule has 5 aliphatic rings. The number of hydrogen-bond acceptors (Lipinski definition) is 9. The average Bonchev–Trinajstić information content (AvgIpc) is 3.54. The molecule has 0 spiro atoms. The standard InChI is InChI=1S/C32H58N6O5/c1-3-4-31(40)38-13-8-25(9-14-38)36-30-15-23(7-11-34-30)32(41)35-16-26(39)19-37-12-10-28-22(2)29(6-5-24(28)18-37)42-20-27-17-33-21-43-27/h22-30,33-34,36,39H,3-21H2,1-2H3,(H,35,41)/t22?,23?,24?,26-,27?,28?,29?,30?/m0/s1. The molecule has 2 amide bonds. The Balaban J connectivity index is 0.968. The summed E-state index contributed by atoms with van der Waals surface area (Å²) in [6, 6.07) is 0.366. The molecule has 0 aromatic rings. The van der Waals surface area contributed by atoms with Gasteiger partial charge in [0.05, 0.1) is 37.8 Å². The zero-order chi connectivity index (χ0) is 30.2. The summed E-state index contributed by atoms with van der Waals surface area (Å²) >= 11 is 0. The van der Waals surface area contributed by atoms with E-state index in [9.17, 15) is 14.7 Å². The Bertz CT molecular complexity index is 882. The zero-order valence-corrected chi connectivity index (χ0v) is 26.6. The molecule has 11 nitrogen and oxygen atoms in total. The molecule has 7 unspecified atom stereocenters. The lowest BCUT2D eigenvalue weighted by atomic mass is 9.68. The number of nitrogens with one attached hydrogen (secondary N) is 4. The minimum absolute atomic E-state index is 0.0525. The van der Waals surface area contributed by atoms with Crippen molar-refractivity contribution in [1.29, 1.82) is 0 Å². The predicted molar refractivity (Wildman–Crippen MR) is 165 cm³/mol. The lowest BCUT2D eigenvalue weighted by Crippen LogP contribution is -2.56. The van der Waals surface area contributed by atoms with Crippen LogP contribution in [-0.4, -0.2) is 123 Å². The first-order chi connectivity index (χ1) is 20.9. The molecule has 0 aromatic carbocycles. The SMILES string of the molecule is CCCC(=O)N1CCC(NC2CC(C(=O)NC[C@H](O)CN3CCC4C(CCC(OCC5CNCO5)C4C)C3)CCN2)CC1. The van der Waals surface area contributed by atoms with Crippen LogP contribution >= 0.6 is 0 Å². The number of aliphatic hydroxyl groups is 1. The van der Waals surface area contributed by atoms with E-state index >= 15 is 0 Å². The number of nitrogens with zero attached hydrogens (tertiary/aromatic N) is 2. The Labute approximate surface area is 258 Å². The molecular formula is C32H58N6O5. The monoisotopic (exact) mass is 606 g/mol. The van der Waals surface area contributed by atoms with Gasteiger partial charge in [0.1, 0.15) is 0 Å². The smallest absolute Gasteiger partial charge is 0.223 e. The van der Waals surface area contributed by atoms with Crippen LogP contribution in [0, 0.1) is 23.7 Å². The van der Waals surface area contributed by atoms with Gasteiger partial charge >= 0.3 is 0 Å². The van der Waals surface area contributed by atoms with Gasteiger partial charge in [-0.05, 0) is 82.2 Å². The highest BCUT2D eigenvalue weighted by molar-refractivity contribution is 5.78. The summed E-state index contributed by atoms with van der Waals surface area (Å²) in [5.74, 6) is 2.14. The molecule has 5 rings (SSSR count). The first-order valence-electron chi connectivity index (χ1n) is 17.3. The molecule has 4 aliphatic heterocycles. The van der Waals surface area contributed by atoms with Crippen molar-refractivity contribution in [2.75, 3.05) is 65.7 Å². The summed E-state index contributed by atoms with van der Waals surface area (Å²) in [5.41, 5.74) is 0. The van der Waals surface area contributed by atoms with Gasteiger partial charge < -0.3 is 35.0 Å². The molecule has 1 saturated carbocycles. The van der Waals surface area contributed by atoms with Crippen LogP contribution in [0.5, 0.6) is 0 Å². The van der Waals surface area contributed by atoms with Crippen LogP contribution in [0.25, 0.3) is 0 Å². The molecule has 5 fully saturated rings. The highest BCUT2D eigenvalue weighted by atomic mass is 16.5. The molecule has 4 heterocycles. The van der Waals surface area contributed by atoms with Crippen LogP contribution in [0.2, 0.25) is 0 Å². The molecule has 4 saturated heterocycles. The number of amides is 2. The van der Waals surface area contributed by atoms with Gasteiger partial charge in [-0.1, -0.05) is 13.8 Å². The summed E-state index contributed by atoms with van der Waals surface area (Å²) in [6.07, 6.45) is 8.46. The van der Waals surface area contributed by atoms with Gasteiger partial charge in [0.25, 0.3) is 0 Å². The number of carbonyl (C=O) groups is 2. The first-order valence-corrected chi connectivity index (χ1v) is 17.3. The summed E-state index contributed by atoms with van der Waals surface area (Å²) in [5, 5.41) is 24.3. The van der Waals surface area contributed by atoms with Gasteiger partial charge in [-0.25, -0.2) is 0 Å². The number of rotatable bonds is 12. The van der Waals surface area contributed by atoms with Crippen molar-refractivity contribution in [1.82, 2.24) is 31.1 Å². The zero-order valence-electron chi connectivity index (χ0n) is 26.6. The number of hydrogen-bond donors (Lipinski definition) is 5. The highest BCUT2D eigenvalue weighted by Crippen LogP contribution is 2.41. The second kappa shape index (κ2) is 16.3. The fourth-order valence-electron chi connectivity index (χ4n) is 8.19. The third-order valence-corrected chi connectivity index (χ3v) is 10.8. The highest BCUT2D eigenvalue weighted by Gasteiger charge is 2.41. The largest absolute Gasteiger partial charge is 0.390 e. The quantitative estimate of drug-likeness (QED) is 0.220. The Morgan fingerprint density at radius 3 is 2.72 bits per heavy atom. The molecule has 43 heavy (non-hydrogen) atoms. The number of likely N-dealkylation sites (tertiary alicyclic amines) is 2. The second-order valence-electron chi connectivity index (χ2n) is 13.9. The van der Waals surface area contributed by atoms with Crippen molar-refractivity contribution in [2.45, 2.75) is 102 Å². The molecule has 0 bridgehead atoms. The normalized spacial score (nSPS) is 35.0. The van der Waals surface area contributed by atoms with Crippen LogP contribution in [0.15, 0.2) is 0 Å². The van der Waals surface area contributed by atoms with E-state index in [2.05, 4.69) is 33.1 Å². The lowest BCUT2D eigenvalue weighted by molar-refractivity contribution is -0.132.